The van der Waals surface area contributed by atoms with Crippen molar-refractivity contribution < 1.29 is 13.2 Å². The molecular formula is C17H23N5O3S. The Morgan fingerprint density at radius 2 is 2.00 bits per heavy atom. The molecule has 1 aliphatic rings. The highest BCUT2D eigenvalue weighted by atomic mass is 32.2. The lowest BCUT2D eigenvalue weighted by molar-refractivity contribution is -0.119. The molecule has 0 spiro atoms. The number of carbonyl (C=O) groups excluding carboxylic acids is 1. The van der Waals surface area contributed by atoms with Gasteiger partial charge in [-0.05, 0) is 19.3 Å². The van der Waals surface area contributed by atoms with E-state index in [4.69, 9.17) is 0 Å². The van der Waals surface area contributed by atoms with Crippen LogP contribution in [0.1, 0.15) is 43.8 Å². The second kappa shape index (κ2) is 7.53. The van der Waals surface area contributed by atoms with Crippen molar-refractivity contribution in [3.63, 3.8) is 0 Å². The number of aryl methyl sites for hydroxylation is 1. The van der Waals surface area contributed by atoms with Gasteiger partial charge in [0.05, 0.1) is 24.4 Å². The normalized spacial score (nSPS) is 16.5. The molecule has 0 aromatic carbocycles. The average molecular weight is 377 g/mol. The number of nitrogens with one attached hydrogen (secondary N) is 1. The van der Waals surface area contributed by atoms with Gasteiger partial charge < -0.3 is 9.88 Å². The van der Waals surface area contributed by atoms with E-state index < -0.39 is 15.9 Å². The smallest absolute Gasteiger partial charge is 0.248 e. The van der Waals surface area contributed by atoms with Crippen LogP contribution < -0.4 is 5.32 Å². The van der Waals surface area contributed by atoms with E-state index in [1.165, 1.54) is 31.6 Å². The van der Waals surface area contributed by atoms with Gasteiger partial charge in [-0.15, -0.1) is 0 Å². The van der Waals surface area contributed by atoms with Crippen molar-refractivity contribution in [3.8, 4) is 0 Å². The van der Waals surface area contributed by atoms with E-state index in [1.54, 1.807) is 10.8 Å². The summed E-state index contributed by atoms with van der Waals surface area (Å²) >= 11 is 0. The minimum absolute atomic E-state index is 0.0307. The van der Waals surface area contributed by atoms with E-state index in [1.807, 2.05) is 6.92 Å². The highest BCUT2D eigenvalue weighted by Gasteiger charge is 2.28. The highest BCUT2D eigenvalue weighted by Crippen LogP contribution is 2.32. The molecule has 0 radical (unpaired) electrons. The monoisotopic (exact) mass is 377 g/mol. The molecule has 1 amide bonds. The summed E-state index contributed by atoms with van der Waals surface area (Å²) in [4.78, 5) is 25.1. The first-order valence-electron chi connectivity index (χ1n) is 8.66. The van der Waals surface area contributed by atoms with Crippen molar-refractivity contribution >= 4 is 21.6 Å². The molecule has 9 heteroatoms. The van der Waals surface area contributed by atoms with Crippen LogP contribution in [0.3, 0.4) is 0 Å². The summed E-state index contributed by atoms with van der Waals surface area (Å²) in [6.45, 7) is 1.82. The predicted molar refractivity (Wildman–Crippen MR) is 96.3 cm³/mol. The molecule has 140 valence electrons. The maximum Gasteiger partial charge on any atom is 0.248 e. The van der Waals surface area contributed by atoms with Crippen LogP contribution >= 0.6 is 0 Å². The molecule has 1 aliphatic carbocycles. The van der Waals surface area contributed by atoms with Gasteiger partial charge in [0, 0.05) is 12.5 Å². The van der Waals surface area contributed by atoms with Crippen LogP contribution in [0.25, 0.3) is 0 Å². The lowest BCUT2D eigenvalue weighted by Crippen LogP contribution is -2.27. The zero-order valence-corrected chi connectivity index (χ0v) is 15.7. The Morgan fingerprint density at radius 3 is 2.58 bits per heavy atom. The first-order valence-corrected chi connectivity index (χ1v) is 10.5. The van der Waals surface area contributed by atoms with E-state index in [9.17, 15) is 13.2 Å². The maximum atomic E-state index is 12.9. The fourth-order valence-corrected chi connectivity index (χ4v) is 3.82. The molecule has 1 fully saturated rings. The third kappa shape index (κ3) is 4.46. The van der Waals surface area contributed by atoms with Crippen LogP contribution in [0, 0.1) is 12.8 Å². The number of amides is 1. The molecule has 1 unspecified atom stereocenters. The van der Waals surface area contributed by atoms with Crippen LogP contribution in [0.2, 0.25) is 0 Å². The van der Waals surface area contributed by atoms with E-state index in [-0.39, 0.29) is 10.9 Å². The average Bonchev–Trinajstić information content (AvgIpc) is 3.25. The fourth-order valence-electron chi connectivity index (χ4n) is 3.27. The zero-order chi connectivity index (χ0) is 18.7. The summed E-state index contributed by atoms with van der Waals surface area (Å²) in [5.41, 5.74) is 0.762. The van der Waals surface area contributed by atoms with Gasteiger partial charge in [0.15, 0.2) is 20.7 Å². The van der Waals surface area contributed by atoms with Gasteiger partial charge in [0.2, 0.25) is 5.91 Å². The minimum Gasteiger partial charge on any atom is -0.324 e. The highest BCUT2D eigenvalue weighted by molar-refractivity contribution is 7.90. The van der Waals surface area contributed by atoms with Gasteiger partial charge in [-0.2, -0.15) is 0 Å². The van der Waals surface area contributed by atoms with Crippen molar-refractivity contribution in [3.05, 3.63) is 30.6 Å². The molecule has 8 nitrogen and oxygen atoms in total. The van der Waals surface area contributed by atoms with Gasteiger partial charge in [-0.1, -0.05) is 25.7 Å². The first-order chi connectivity index (χ1) is 12.3. The largest absolute Gasteiger partial charge is 0.324 e. The van der Waals surface area contributed by atoms with Crippen LogP contribution in [-0.4, -0.2) is 40.1 Å². The molecule has 2 aromatic heterocycles. The van der Waals surface area contributed by atoms with Crippen molar-refractivity contribution in [1.29, 1.82) is 0 Å². The Balaban J connectivity index is 1.83. The number of hydrogen-bond donors (Lipinski definition) is 1. The summed E-state index contributed by atoms with van der Waals surface area (Å²) in [5, 5.41) is 2.75. The van der Waals surface area contributed by atoms with Gasteiger partial charge in [0.25, 0.3) is 0 Å². The minimum atomic E-state index is -3.42. The maximum absolute atomic E-state index is 12.9. The summed E-state index contributed by atoms with van der Waals surface area (Å²) in [6, 6.07) is -0.538. The first kappa shape index (κ1) is 18.5. The molecular weight excluding hydrogens is 354 g/mol. The van der Waals surface area contributed by atoms with E-state index >= 15 is 0 Å². The lowest BCUT2D eigenvalue weighted by atomic mass is 9.97. The molecule has 3 rings (SSSR count). The van der Waals surface area contributed by atoms with Crippen LogP contribution in [0.15, 0.2) is 29.9 Å². The van der Waals surface area contributed by atoms with E-state index in [2.05, 4.69) is 20.3 Å². The van der Waals surface area contributed by atoms with Gasteiger partial charge in [-0.3, -0.25) is 9.78 Å². The van der Waals surface area contributed by atoms with Gasteiger partial charge in [-0.25, -0.2) is 18.4 Å². The van der Waals surface area contributed by atoms with Crippen LogP contribution in [0.4, 0.5) is 5.82 Å². The number of carbonyl (C=O) groups is 1. The Kier molecular flexibility index (Phi) is 5.36. The second-order valence-electron chi connectivity index (χ2n) is 6.87. The Hall–Kier alpha value is -2.29. The standard InChI is InChI=1S/C17H23N5O3S/c1-12-8-19-15(9-18-12)21-17(23)14(7-13-5-3-4-6-13)22-10-16(20-11-22)26(2,24)25/h8-11,13-14H,3-7H2,1-2H3,(H,19,21,23). The van der Waals surface area contributed by atoms with Crippen molar-refractivity contribution in [2.45, 2.75) is 50.1 Å². The third-order valence-corrected chi connectivity index (χ3v) is 5.65. The van der Waals surface area contributed by atoms with Crippen molar-refractivity contribution in [2.75, 3.05) is 11.6 Å². The molecule has 2 heterocycles. The predicted octanol–water partition coefficient (Wildman–Crippen LogP) is 2.15. The Labute approximate surface area is 153 Å². The van der Waals surface area contributed by atoms with Gasteiger partial charge >= 0.3 is 0 Å². The van der Waals surface area contributed by atoms with Crippen molar-refractivity contribution in [1.82, 2.24) is 19.5 Å². The second-order valence-corrected chi connectivity index (χ2v) is 8.83. The van der Waals surface area contributed by atoms with E-state index in [0.29, 0.717) is 18.2 Å². The Morgan fingerprint density at radius 1 is 1.27 bits per heavy atom. The molecule has 0 bridgehead atoms. The quantitative estimate of drug-likeness (QED) is 0.826. The summed E-state index contributed by atoms with van der Waals surface area (Å²) in [6.07, 6.45) is 12.2. The molecule has 1 atom stereocenters. The number of nitrogens with zero attached hydrogens (tertiary/aromatic N) is 4. The summed E-state index contributed by atoms with van der Waals surface area (Å²) in [5.74, 6) is 0.576. The molecule has 1 N–H and O–H groups in total. The number of sulfone groups is 1. The topological polar surface area (TPSA) is 107 Å². The van der Waals surface area contributed by atoms with Crippen LogP contribution in [-0.2, 0) is 14.6 Å². The number of hydrogen-bond acceptors (Lipinski definition) is 6. The van der Waals surface area contributed by atoms with Crippen LogP contribution in [0.5, 0.6) is 0 Å². The summed E-state index contributed by atoms with van der Waals surface area (Å²) in [7, 11) is -3.42. The molecule has 26 heavy (non-hydrogen) atoms. The molecule has 0 saturated heterocycles. The Bertz CT molecular complexity index is 870. The number of aromatic nitrogens is 4. The number of anilines is 1. The van der Waals surface area contributed by atoms with E-state index in [0.717, 1.165) is 24.8 Å². The number of imidazole rings is 1. The lowest BCUT2D eigenvalue weighted by Gasteiger charge is -2.21. The molecule has 0 aliphatic heterocycles. The zero-order valence-electron chi connectivity index (χ0n) is 14.9. The molecule has 1 saturated carbocycles. The fraction of sp³-hybridized carbons (Fsp3) is 0.529. The summed E-state index contributed by atoms with van der Waals surface area (Å²) < 4.78 is 25.0. The molecule has 2 aromatic rings. The number of rotatable bonds is 6. The van der Waals surface area contributed by atoms with Gasteiger partial charge in [0.1, 0.15) is 6.04 Å². The van der Waals surface area contributed by atoms with Crippen molar-refractivity contribution in [2.24, 2.45) is 5.92 Å². The third-order valence-electron chi connectivity index (χ3n) is 4.68. The SMILES string of the molecule is Cc1cnc(NC(=O)C(CC2CCCC2)n2cnc(S(C)(=O)=O)c2)cn1.